The van der Waals surface area contributed by atoms with Gasteiger partial charge in [0.1, 0.15) is 6.73 Å². The maximum Gasteiger partial charge on any atom is 0.256 e. The van der Waals surface area contributed by atoms with Crippen molar-refractivity contribution < 1.29 is 14.3 Å². The number of anilines is 1. The second kappa shape index (κ2) is 5.01. The van der Waals surface area contributed by atoms with Gasteiger partial charge in [-0.15, -0.1) is 0 Å². The predicted molar refractivity (Wildman–Crippen MR) is 71.8 cm³/mol. The highest BCUT2D eigenvalue weighted by molar-refractivity contribution is 5.96. The number of nitrogens with zero attached hydrogens (tertiary/aromatic N) is 1. The van der Waals surface area contributed by atoms with Crippen LogP contribution in [0.5, 0.6) is 0 Å². The molecule has 0 bridgehead atoms. The van der Waals surface area contributed by atoms with E-state index in [1.807, 2.05) is 13.8 Å². The molecule has 102 valence electrons. The lowest BCUT2D eigenvalue weighted by molar-refractivity contribution is -0.114. The van der Waals surface area contributed by atoms with Crippen molar-refractivity contribution in [2.45, 2.75) is 26.3 Å². The van der Waals surface area contributed by atoms with E-state index in [1.165, 1.54) is 6.92 Å². The highest BCUT2D eigenvalue weighted by atomic mass is 16.5. The summed E-state index contributed by atoms with van der Waals surface area (Å²) in [4.78, 5) is 25.0. The Morgan fingerprint density at radius 3 is 2.37 bits per heavy atom. The summed E-state index contributed by atoms with van der Waals surface area (Å²) in [7, 11) is 0. The lowest BCUT2D eigenvalue weighted by Crippen LogP contribution is -2.44. The molecule has 1 aliphatic heterocycles. The number of hydrogen-bond donors (Lipinski definition) is 1. The Hall–Kier alpha value is -1.88. The molecule has 1 N–H and O–H groups in total. The van der Waals surface area contributed by atoms with E-state index < -0.39 is 0 Å². The van der Waals surface area contributed by atoms with E-state index in [0.717, 1.165) is 0 Å². The minimum atomic E-state index is -0.284. The van der Waals surface area contributed by atoms with Gasteiger partial charge in [0.2, 0.25) is 5.91 Å². The zero-order valence-corrected chi connectivity index (χ0v) is 11.4. The van der Waals surface area contributed by atoms with E-state index in [9.17, 15) is 9.59 Å². The first-order valence-electron chi connectivity index (χ1n) is 6.17. The summed E-state index contributed by atoms with van der Waals surface area (Å²) in [6, 6.07) is 6.86. The van der Waals surface area contributed by atoms with Gasteiger partial charge in [-0.05, 0) is 38.1 Å². The third-order valence-corrected chi connectivity index (χ3v) is 3.10. The molecule has 0 unspecified atom stereocenters. The summed E-state index contributed by atoms with van der Waals surface area (Å²) in [5.41, 5.74) is 0.988. The standard InChI is InChI=1S/C14H18N2O3/c1-10(17)15-12-6-4-11(5-7-12)13(18)16-9-19-8-14(16,2)3/h4-7H,8-9H2,1-3H3,(H,15,17). The molecule has 1 saturated heterocycles. The summed E-state index contributed by atoms with van der Waals surface area (Å²) < 4.78 is 5.34. The quantitative estimate of drug-likeness (QED) is 0.885. The molecule has 19 heavy (non-hydrogen) atoms. The van der Waals surface area contributed by atoms with Gasteiger partial charge in [0, 0.05) is 18.2 Å². The fraction of sp³-hybridized carbons (Fsp3) is 0.429. The molecule has 1 heterocycles. The van der Waals surface area contributed by atoms with Crippen molar-refractivity contribution in [2.24, 2.45) is 0 Å². The van der Waals surface area contributed by atoms with E-state index in [2.05, 4.69) is 5.32 Å². The largest absolute Gasteiger partial charge is 0.359 e. The van der Waals surface area contributed by atoms with Crippen LogP contribution in [0.3, 0.4) is 0 Å². The SMILES string of the molecule is CC(=O)Nc1ccc(C(=O)N2COCC2(C)C)cc1. The predicted octanol–water partition coefficient (Wildman–Crippen LogP) is 1.85. The summed E-state index contributed by atoms with van der Waals surface area (Å²) in [5, 5.41) is 2.67. The van der Waals surface area contributed by atoms with Crippen LogP contribution in [0.15, 0.2) is 24.3 Å². The molecule has 1 aliphatic rings. The molecule has 1 aromatic rings. The summed E-state index contributed by atoms with van der Waals surface area (Å²) in [5.74, 6) is -0.190. The van der Waals surface area contributed by atoms with Gasteiger partial charge >= 0.3 is 0 Å². The van der Waals surface area contributed by atoms with Crippen LogP contribution >= 0.6 is 0 Å². The topological polar surface area (TPSA) is 58.6 Å². The maximum atomic E-state index is 12.4. The first-order valence-corrected chi connectivity index (χ1v) is 6.17. The molecule has 1 aromatic carbocycles. The second-order valence-electron chi connectivity index (χ2n) is 5.28. The van der Waals surface area contributed by atoms with Gasteiger partial charge in [-0.25, -0.2) is 0 Å². The molecule has 0 saturated carbocycles. The maximum absolute atomic E-state index is 12.4. The smallest absolute Gasteiger partial charge is 0.256 e. The Kier molecular flexibility index (Phi) is 3.57. The zero-order valence-electron chi connectivity index (χ0n) is 11.4. The number of hydrogen-bond acceptors (Lipinski definition) is 3. The minimum Gasteiger partial charge on any atom is -0.359 e. The number of carbonyl (C=O) groups is 2. The minimum absolute atomic E-state index is 0.0584. The van der Waals surface area contributed by atoms with Crippen LogP contribution in [-0.4, -0.2) is 35.6 Å². The van der Waals surface area contributed by atoms with Crippen molar-refractivity contribution in [3.8, 4) is 0 Å². The number of ether oxygens (including phenoxy) is 1. The fourth-order valence-electron chi connectivity index (χ4n) is 2.03. The highest BCUT2D eigenvalue weighted by Crippen LogP contribution is 2.24. The van der Waals surface area contributed by atoms with Crippen LogP contribution in [-0.2, 0) is 9.53 Å². The van der Waals surface area contributed by atoms with Crippen LogP contribution in [0, 0.1) is 0 Å². The van der Waals surface area contributed by atoms with E-state index in [1.54, 1.807) is 29.2 Å². The van der Waals surface area contributed by atoms with Crippen LogP contribution in [0.2, 0.25) is 0 Å². The number of nitrogens with one attached hydrogen (secondary N) is 1. The van der Waals surface area contributed by atoms with Gasteiger partial charge in [0.15, 0.2) is 0 Å². The molecule has 0 aliphatic carbocycles. The van der Waals surface area contributed by atoms with Gasteiger partial charge < -0.3 is 15.0 Å². The Morgan fingerprint density at radius 1 is 1.26 bits per heavy atom. The number of carbonyl (C=O) groups excluding carboxylic acids is 2. The molecule has 2 amide bonds. The van der Waals surface area contributed by atoms with E-state index in [4.69, 9.17) is 4.74 Å². The van der Waals surface area contributed by atoms with Crippen molar-refractivity contribution >= 4 is 17.5 Å². The molecule has 0 spiro atoms. The van der Waals surface area contributed by atoms with Gasteiger partial charge in [-0.3, -0.25) is 9.59 Å². The summed E-state index contributed by atoms with van der Waals surface area (Å²) in [6.07, 6.45) is 0. The summed E-state index contributed by atoms with van der Waals surface area (Å²) >= 11 is 0. The third kappa shape index (κ3) is 2.93. The van der Waals surface area contributed by atoms with Crippen molar-refractivity contribution in [3.05, 3.63) is 29.8 Å². The number of amides is 2. The fourth-order valence-corrected chi connectivity index (χ4v) is 2.03. The highest BCUT2D eigenvalue weighted by Gasteiger charge is 2.36. The van der Waals surface area contributed by atoms with Crippen LogP contribution < -0.4 is 5.32 Å². The van der Waals surface area contributed by atoms with E-state index in [-0.39, 0.29) is 17.4 Å². The molecular weight excluding hydrogens is 244 g/mol. The number of rotatable bonds is 2. The van der Waals surface area contributed by atoms with Crippen molar-refractivity contribution in [1.29, 1.82) is 0 Å². The first kappa shape index (κ1) is 13.5. The zero-order chi connectivity index (χ0) is 14.0. The average Bonchev–Trinajstić information content (AvgIpc) is 2.68. The normalized spacial score (nSPS) is 17.3. The number of benzene rings is 1. The molecule has 2 rings (SSSR count). The molecule has 0 radical (unpaired) electrons. The molecular formula is C14H18N2O3. The first-order chi connectivity index (χ1) is 8.90. The van der Waals surface area contributed by atoms with Gasteiger partial charge in [-0.1, -0.05) is 0 Å². The monoisotopic (exact) mass is 262 g/mol. The van der Waals surface area contributed by atoms with Crippen LogP contribution in [0.25, 0.3) is 0 Å². The van der Waals surface area contributed by atoms with Crippen LogP contribution in [0.4, 0.5) is 5.69 Å². The van der Waals surface area contributed by atoms with Crippen molar-refractivity contribution in [1.82, 2.24) is 4.90 Å². The van der Waals surface area contributed by atoms with E-state index in [0.29, 0.717) is 24.6 Å². The molecule has 5 heteroatoms. The lowest BCUT2D eigenvalue weighted by atomic mass is 10.0. The van der Waals surface area contributed by atoms with Crippen molar-refractivity contribution in [2.75, 3.05) is 18.7 Å². The molecule has 1 fully saturated rings. The lowest BCUT2D eigenvalue weighted by Gasteiger charge is -2.29. The second-order valence-corrected chi connectivity index (χ2v) is 5.28. The van der Waals surface area contributed by atoms with Gasteiger partial charge in [0.25, 0.3) is 5.91 Å². The van der Waals surface area contributed by atoms with E-state index >= 15 is 0 Å². The van der Waals surface area contributed by atoms with Gasteiger partial charge in [-0.2, -0.15) is 0 Å². The molecule has 5 nitrogen and oxygen atoms in total. The Labute approximate surface area is 112 Å². The van der Waals surface area contributed by atoms with Crippen molar-refractivity contribution in [3.63, 3.8) is 0 Å². The third-order valence-electron chi connectivity index (χ3n) is 3.10. The summed E-state index contributed by atoms with van der Waals surface area (Å²) in [6.45, 7) is 6.26. The van der Waals surface area contributed by atoms with Crippen LogP contribution in [0.1, 0.15) is 31.1 Å². The van der Waals surface area contributed by atoms with Gasteiger partial charge in [0.05, 0.1) is 12.1 Å². The Morgan fingerprint density at radius 2 is 1.89 bits per heavy atom. The Bertz CT molecular complexity index is 494. The molecule has 0 aromatic heterocycles. The Balaban J connectivity index is 2.14. The molecule has 0 atom stereocenters. The average molecular weight is 262 g/mol.